The maximum absolute atomic E-state index is 12.7. The number of methoxy groups -OCH3 is 1. The van der Waals surface area contributed by atoms with Gasteiger partial charge in [0.15, 0.2) is 10.8 Å². The van der Waals surface area contributed by atoms with E-state index in [1.165, 1.54) is 31.0 Å². The first-order valence-electron chi connectivity index (χ1n) is 7.57. The number of carbonyl (C=O) groups excluding carboxylic acids is 1. The molecule has 0 unspecified atom stereocenters. The third-order valence-electron chi connectivity index (χ3n) is 3.61. The lowest BCUT2D eigenvalue weighted by atomic mass is 10.1. The molecule has 0 saturated heterocycles. The molecule has 0 aliphatic carbocycles. The zero-order valence-corrected chi connectivity index (χ0v) is 14.7. The molecule has 0 radical (unpaired) electrons. The van der Waals surface area contributed by atoms with Crippen LogP contribution >= 0.6 is 11.3 Å². The zero-order valence-electron chi connectivity index (χ0n) is 13.9. The maximum Gasteiger partial charge on any atom is 0.261 e. The van der Waals surface area contributed by atoms with Gasteiger partial charge in [-0.2, -0.15) is 0 Å². The van der Waals surface area contributed by atoms with E-state index in [9.17, 15) is 4.79 Å². The van der Waals surface area contributed by atoms with Gasteiger partial charge in [0.25, 0.3) is 5.91 Å². The molecule has 9 nitrogen and oxygen atoms in total. The number of anilines is 1. The first-order valence-corrected chi connectivity index (χ1v) is 8.45. The van der Waals surface area contributed by atoms with Crippen LogP contribution in [-0.2, 0) is 0 Å². The number of thiazole rings is 1. The second-order valence-corrected chi connectivity index (χ2v) is 6.25. The minimum Gasteiger partial charge on any atom is -0.480 e. The number of hydrogen-bond donors (Lipinski definition) is 1. The van der Waals surface area contributed by atoms with Gasteiger partial charge in [-0.1, -0.05) is 0 Å². The standard InChI is InChI=1S/C16H13N7O2S/c1-9-7-26-16(20-9)21-15(24)11-3-10(6-23-8-19-22-14(11)23)12-4-18-13(25-2)5-17-12/h3-8H,1-2H3,(H,20,21,24). The molecule has 4 aromatic rings. The second kappa shape index (κ2) is 6.48. The summed E-state index contributed by atoms with van der Waals surface area (Å²) in [5, 5.41) is 13.1. The average molecular weight is 367 g/mol. The fourth-order valence-electron chi connectivity index (χ4n) is 2.39. The summed E-state index contributed by atoms with van der Waals surface area (Å²) in [6.07, 6.45) is 6.41. The van der Waals surface area contributed by atoms with Crippen LogP contribution in [0, 0.1) is 6.92 Å². The van der Waals surface area contributed by atoms with Gasteiger partial charge in [-0.25, -0.2) is 15.0 Å². The smallest absolute Gasteiger partial charge is 0.261 e. The van der Waals surface area contributed by atoms with E-state index in [4.69, 9.17) is 4.74 Å². The number of ether oxygens (including phenoxy) is 1. The second-order valence-electron chi connectivity index (χ2n) is 5.40. The predicted octanol–water partition coefficient (Wildman–Crippen LogP) is 2.21. The van der Waals surface area contributed by atoms with Crippen LogP contribution in [0.1, 0.15) is 16.1 Å². The van der Waals surface area contributed by atoms with Crippen molar-refractivity contribution >= 4 is 28.0 Å². The van der Waals surface area contributed by atoms with Crippen LogP contribution in [0.25, 0.3) is 16.9 Å². The number of pyridine rings is 1. The summed E-state index contributed by atoms with van der Waals surface area (Å²) in [6, 6.07) is 1.70. The highest BCUT2D eigenvalue weighted by molar-refractivity contribution is 7.13. The summed E-state index contributed by atoms with van der Waals surface area (Å²) in [5.74, 6) is 0.0944. The highest BCUT2D eigenvalue weighted by Crippen LogP contribution is 2.23. The van der Waals surface area contributed by atoms with E-state index in [2.05, 4.69) is 30.5 Å². The topological polar surface area (TPSA) is 107 Å². The molecule has 4 heterocycles. The van der Waals surface area contributed by atoms with Crippen LogP contribution in [0.5, 0.6) is 5.88 Å². The molecule has 4 rings (SSSR count). The Bertz CT molecular complexity index is 1090. The fraction of sp³-hybridized carbons (Fsp3) is 0.125. The Labute approximate surface area is 151 Å². The Morgan fingerprint density at radius 3 is 2.88 bits per heavy atom. The number of amides is 1. The van der Waals surface area contributed by atoms with Gasteiger partial charge < -0.3 is 4.74 Å². The number of hydrogen-bond acceptors (Lipinski definition) is 8. The fourth-order valence-corrected chi connectivity index (χ4v) is 3.07. The highest BCUT2D eigenvalue weighted by atomic mass is 32.1. The molecule has 10 heteroatoms. The Kier molecular flexibility index (Phi) is 4.01. The first-order chi connectivity index (χ1) is 12.6. The molecule has 0 bridgehead atoms. The van der Waals surface area contributed by atoms with Gasteiger partial charge in [-0.05, 0) is 13.0 Å². The van der Waals surface area contributed by atoms with Crippen LogP contribution in [0.4, 0.5) is 5.13 Å². The van der Waals surface area contributed by atoms with Crippen LogP contribution in [-0.4, -0.2) is 42.6 Å². The van der Waals surface area contributed by atoms with Crippen LogP contribution in [0.15, 0.2) is 36.4 Å². The number of rotatable bonds is 4. The van der Waals surface area contributed by atoms with Crippen molar-refractivity contribution in [1.82, 2.24) is 29.5 Å². The molecule has 26 heavy (non-hydrogen) atoms. The predicted molar refractivity (Wildman–Crippen MR) is 95.4 cm³/mol. The zero-order chi connectivity index (χ0) is 18.1. The molecule has 0 spiro atoms. The number of aromatic nitrogens is 6. The highest BCUT2D eigenvalue weighted by Gasteiger charge is 2.17. The molecular weight excluding hydrogens is 354 g/mol. The Hall–Kier alpha value is -3.40. The molecule has 1 N–H and O–H groups in total. The molecular formula is C16H13N7O2S. The van der Waals surface area contributed by atoms with Gasteiger partial charge in [0.2, 0.25) is 5.88 Å². The molecule has 0 aliphatic heterocycles. The van der Waals surface area contributed by atoms with E-state index in [1.807, 2.05) is 12.3 Å². The van der Waals surface area contributed by atoms with Gasteiger partial charge in [0.05, 0.1) is 36.5 Å². The number of nitrogens with one attached hydrogen (secondary N) is 1. The van der Waals surface area contributed by atoms with Gasteiger partial charge in [-0.15, -0.1) is 21.5 Å². The lowest BCUT2D eigenvalue weighted by Gasteiger charge is -2.07. The number of nitrogens with zero attached hydrogens (tertiary/aromatic N) is 6. The van der Waals surface area contributed by atoms with E-state index in [1.54, 1.807) is 22.9 Å². The van der Waals surface area contributed by atoms with Crippen molar-refractivity contribution < 1.29 is 9.53 Å². The maximum atomic E-state index is 12.7. The van der Waals surface area contributed by atoms with E-state index in [0.717, 1.165) is 5.69 Å². The van der Waals surface area contributed by atoms with Gasteiger partial charge in [0.1, 0.15) is 6.33 Å². The Morgan fingerprint density at radius 1 is 1.31 bits per heavy atom. The van der Waals surface area contributed by atoms with Crippen molar-refractivity contribution in [2.45, 2.75) is 6.92 Å². The molecule has 4 aromatic heterocycles. The Morgan fingerprint density at radius 2 is 2.19 bits per heavy atom. The summed E-state index contributed by atoms with van der Waals surface area (Å²) < 4.78 is 6.69. The molecule has 0 atom stereocenters. The lowest BCUT2D eigenvalue weighted by molar-refractivity contribution is 0.102. The monoisotopic (exact) mass is 367 g/mol. The van der Waals surface area contributed by atoms with Crippen molar-refractivity contribution in [3.8, 4) is 17.1 Å². The van der Waals surface area contributed by atoms with Crippen molar-refractivity contribution in [3.63, 3.8) is 0 Å². The normalized spacial score (nSPS) is 10.8. The molecule has 0 saturated carbocycles. The van der Waals surface area contributed by atoms with Gasteiger partial charge >= 0.3 is 0 Å². The largest absolute Gasteiger partial charge is 0.480 e. The van der Waals surface area contributed by atoms with Crippen molar-refractivity contribution in [2.24, 2.45) is 0 Å². The number of aryl methyl sites for hydroxylation is 1. The Balaban J connectivity index is 1.75. The minimum absolute atomic E-state index is 0.319. The quantitative estimate of drug-likeness (QED) is 0.589. The first kappa shape index (κ1) is 16.1. The third-order valence-corrected chi connectivity index (χ3v) is 4.48. The number of fused-ring (bicyclic) bond motifs is 1. The van der Waals surface area contributed by atoms with E-state index in [0.29, 0.717) is 33.5 Å². The average Bonchev–Trinajstić information content (AvgIpc) is 3.29. The van der Waals surface area contributed by atoms with E-state index in [-0.39, 0.29) is 5.91 Å². The molecule has 0 aromatic carbocycles. The van der Waals surface area contributed by atoms with Gasteiger partial charge in [-0.3, -0.25) is 14.5 Å². The van der Waals surface area contributed by atoms with Gasteiger partial charge in [0, 0.05) is 17.1 Å². The summed E-state index contributed by atoms with van der Waals surface area (Å²) in [4.78, 5) is 25.5. The summed E-state index contributed by atoms with van der Waals surface area (Å²) in [7, 11) is 1.52. The molecule has 0 fully saturated rings. The van der Waals surface area contributed by atoms with Crippen molar-refractivity contribution in [1.29, 1.82) is 0 Å². The lowest BCUT2D eigenvalue weighted by Crippen LogP contribution is -2.13. The third kappa shape index (κ3) is 2.97. The summed E-state index contributed by atoms with van der Waals surface area (Å²) in [6.45, 7) is 1.87. The van der Waals surface area contributed by atoms with Crippen LogP contribution < -0.4 is 10.1 Å². The summed E-state index contributed by atoms with van der Waals surface area (Å²) in [5.41, 5.74) is 2.96. The SMILES string of the molecule is COc1cnc(-c2cc(C(=O)Nc3nc(C)cs3)c3nncn3c2)cn1. The van der Waals surface area contributed by atoms with Crippen LogP contribution in [0.2, 0.25) is 0 Å². The van der Waals surface area contributed by atoms with E-state index >= 15 is 0 Å². The molecule has 130 valence electrons. The minimum atomic E-state index is -0.319. The van der Waals surface area contributed by atoms with Crippen molar-refractivity contribution in [2.75, 3.05) is 12.4 Å². The summed E-state index contributed by atoms with van der Waals surface area (Å²) >= 11 is 1.36. The molecule has 0 aliphatic rings. The molecule has 1 amide bonds. The number of carbonyl (C=O) groups is 1. The van der Waals surface area contributed by atoms with Crippen LogP contribution in [0.3, 0.4) is 0 Å². The van der Waals surface area contributed by atoms with E-state index < -0.39 is 0 Å². The van der Waals surface area contributed by atoms with Crippen molar-refractivity contribution in [3.05, 3.63) is 47.6 Å².